The van der Waals surface area contributed by atoms with Crippen LogP contribution in [-0.4, -0.2) is 48.3 Å². The molecule has 0 aliphatic rings. The normalized spacial score (nSPS) is 13.1. The number of carbonyl (C=O) groups is 1. The molecule has 1 atom stereocenters. The standard InChI is InChI=1S/C12H14F4N2O2/c1-8(6-20-2)18(7-12(14,15)16)11(19)9-3-4-17-5-10(9)13/h3-5,8H,6-7H2,1-2H3/t8-/m1/s1. The summed E-state index contributed by atoms with van der Waals surface area (Å²) in [5, 5.41) is 0. The highest BCUT2D eigenvalue weighted by Crippen LogP contribution is 2.20. The molecule has 0 unspecified atom stereocenters. The van der Waals surface area contributed by atoms with E-state index >= 15 is 0 Å². The number of alkyl halides is 3. The molecule has 0 saturated carbocycles. The van der Waals surface area contributed by atoms with Gasteiger partial charge in [0.2, 0.25) is 0 Å². The van der Waals surface area contributed by atoms with Crippen LogP contribution in [0, 0.1) is 5.82 Å². The Balaban J connectivity index is 3.04. The van der Waals surface area contributed by atoms with Crippen molar-refractivity contribution in [1.82, 2.24) is 9.88 Å². The molecule has 1 aromatic rings. The number of methoxy groups -OCH3 is 1. The van der Waals surface area contributed by atoms with E-state index in [1.807, 2.05) is 0 Å². The van der Waals surface area contributed by atoms with Gasteiger partial charge in [-0.2, -0.15) is 13.2 Å². The first-order chi connectivity index (χ1) is 9.26. The largest absolute Gasteiger partial charge is 0.406 e. The van der Waals surface area contributed by atoms with Gasteiger partial charge in [0.1, 0.15) is 6.54 Å². The fraction of sp³-hybridized carbons (Fsp3) is 0.500. The van der Waals surface area contributed by atoms with Gasteiger partial charge in [0.15, 0.2) is 5.82 Å². The third kappa shape index (κ3) is 4.44. The lowest BCUT2D eigenvalue weighted by Gasteiger charge is -2.29. The molecule has 0 aromatic carbocycles. The van der Waals surface area contributed by atoms with Crippen molar-refractivity contribution < 1.29 is 27.1 Å². The second-order valence-corrected chi connectivity index (χ2v) is 4.21. The maximum Gasteiger partial charge on any atom is 0.406 e. The molecule has 0 saturated heterocycles. The fourth-order valence-corrected chi connectivity index (χ4v) is 1.66. The van der Waals surface area contributed by atoms with Crippen molar-refractivity contribution in [3.05, 3.63) is 29.8 Å². The zero-order valence-electron chi connectivity index (χ0n) is 10.9. The zero-order valence-corrected chi connectivity index (χ0v) is 10.9. The molecular weight excluding hydrogens is 280 g/mol. The molecule has 0 radical (unpaired) electrons. The second kappa shape index (κ2) is 6.65. The van der Waals surface area contributed by atoms with Crippen LogP contribution in [0.3, 0.4) is 0 Å². The number of halogens is 4. The number of hydrogen-bond acceptors (Lipinski definition) is 3. The molecule has 0 fully saturated rings. The van der Waals surface area contributed by atoms with Crippen molar-refractivity contribution >= 4 is 5.91 Å². The molecule has 0 N–H and O–H groups in total. The van der Waals surface area contributed by atoms with E-state index in [1.54, 1.807) is 0 Å². The number of amides is 1. The van der Waals surface area contributed by atoms with Crippen LogP contribution in [0.5, 0.6) is 0 Å². The van der Waals surface area contributed by atoms with Gasteiger partial charge in [-0.25, -0.2) is 4.39 Å². The van der Waals surface area contributed by atoms with E-state index in [4.69, 9.17) is 4.74 Å². The van der Waals surface area contributed by atoms with Crippen molar-refractivity contribution in [2.75, 3.05) is 20.3 Å². The summed E-state index contributed by atoms with van der Waals surface area (Å²) in [4.78, 5) is 16.0. The predicted molar refractivity (Wildman–Crippen MR) is 62.6 cm³/mol. The van der Waals surface area contributed by atoms with Gasteiger partial charge in [-0.05, 0) is 13.0 Å². The van der Waals surface area contributed by atoms with Crippen LogP contribution in [0.1, 0.15) is 17.3 Å². The minimum Gasteiger partial charge on any atom is -0.383 e. The molecule has 1 heterocycles. The van der Waals surface area contributed by atoms with E-state index < -0.39 is 36.1 Å². The molecule has 112 valence electrons. The lowest BCUT2D eigenvalue weighted by molar-refractivity contribution is -0.145. The minimum absolute atomic E-state index is 0.0888. The summed E-state index contributed by atoms with van der Waals surface area (Å²) >= 11 is 0. The lowest BCUT2D eigenvalue weighted by atomic mass is 10.2. The highest BCUT2D eigenvalue weighted by Gasteiger charge is 2.36. The Morgan fingerprint density at radius 3 is 2.65 bits per heavy atom. The summed E-state index contributed by atoms with van der Waals surface area (Å²) in [6.07, 6.45) is -2.66. The third-order valence-electron chi connectivity index (χ3n) is 2.55. The number of nitrogens with zero attached hydrogens (tertiary/aromatic N) is 2. The molecule has 8 heteroatoms. The first kappa shape index (κ1) is 16.4. The van der Waals surface area contributed by atoms with Gasteiger partial charge in [-0.1, -0.05) is 0 Å². The molecule has 0 aliphatic heterocycles. The number of rotatable bonds is 5. The Bertz CT molecular complexity index is 465. The summed E-state index contributed by atoms with van der Waals surface area (Å²) in [6.45, 7) is -0.168. The molecule has 0 spiro atoms. The van der Waals surface area contributed by atoms with Crippen LogP contribution >= 0.6 is 0 Å². The molecule has 1 rings (SSSR count). The minimum atomic E-state index is -4.58. The van der Waals surface area contributed by atoms with Crippen LogP contribution in [0.15, 0.2) is 18.5 Å². The van der Waals surface area contributed by atoms with Crippen molar-refractivity contribution in [3.8, 4) is 0 Å². The molecule has 0 aliphatic carbocycles. The highest BCUT2D eigenvalue weighted by atomic mass is 19.4. The van der Waals surface area contributed by atoms with Crippen molar-refractivity contribution in [2.24, 2.45) is 0 Å². The fourth-order valence-electron chi connectivity index (χ4n) is 1.66. The maximum absolute atomic E-state index is 13.5. The predicted octanol–water partition coefficient (Wildman–Crippen LogP) is 2.26. The van der Waals surface area contributed by atoms with Crippen LogP contribution in [0.25, 0.3) is 0 Å². The lowest BCUT2D eigenvalue weighted by Crippen LogP contribution is -2.46. The highest BCUT2D eigenvalue weighted by molar-refractivity contribution is 5.94. The van der Waals surface area contributed by atoms with Crippen LogP contribution in [-0.2, 0) is 4.74 Å². The summed E-state index contributed by atoms with van der Waals surface area (Å²) in [5.41, 5.74) is -0.452. The Hall–Kier alpha value is -1.70. The van der Waals surface area contributed by atoms with E-state index in [0.29, 0.717) is 4.90 Å². The van der Waals surface area contributed by atoms with Crippen LogP contribution in [0.4, 0.5) is 17.6 Å². The zero-order chi connectivity index (χ0) is 15.3. The molecule has 4 nitrogen and oxygen atoms in total. The number of pyridine rings is 1. The Kier molecular flexibility index (Phi) is 5.43. The molecule has 1 amide bonds. The van der Waals surface area contributed by atoms with Gasteiger partial charge >= 0.3 is 6.18 Å². The van der Waals surface area contributed by atoms with E-state index in [2.05, 4.69) is 4.98 Å². The molecule has 0 bridgehead atoms. The number of hydrogen-bond donors (Lipinski definition) is 0. The SMILES string of the molecule is COC[C@@H](C)N(CC(F)(F)F)C(=O)c1ccncc1F. The van der Waals surface area contributed by atoms with Gasteiger partial charge in [0, 0.05) is 13.3 Å². The van der Waals surface area contributed by atoms with Gasteiger partial charge in [0.05, 0.1) is 24.4 Å². The number of ether oxygens (including phenoxy) is 1. The average molecular weight is 294 g/mol. The van der Waals surface area contributed by atoms with E-state index in [1.165, 1.54) is 14.0 Å². The summed E-state index contributed by atoms with van der Waals surface area (Å²) in [6, 6.07) is 0.197. The summed E-state index contributed by atoms with van der Waals surface area (Å²) < 4.78 is 55.8. The van der Waals surface area contributed by atoms with E-state index in [0.717, 1.165) is 18.5 Å². The number of carbonyl (C=O) groups excluding carboxylic acids is 1. The number of aromatic nitrogens is 1. The van der Waals surface area contributed by atoms with Crippen molar-refractivity contribution in [2.45, 2.75) is 19.1 Å². The van der Waals surface area contributed by atoms with E-state index in [-0.39, 0.29) is 6.61 Å². The summed E-state index contributed by atoms with van der Waals surface area (Å²) in [5.74, 6) is -2.01. The monoisotopic (exact) mass is 294 g/mol. The Morgan fingerprint density at radius 2 is 2.15 bits per heavy atom. The topological polar surface area (TPSA) is 42.4 Å². The first-order valence-electron chi connectivity index (χ1n) is 5.72. The Labute approximate surface area is 113 Å². The average Bonchev–Trinajstić information content (AvgIpc) is 2.35. The van der Waals surface area contributed by atoms with Crippen molar-refractivity contribution in [1.29, 1.82) is 0 Å². The van der Waals surface area contributed by atoms with Gasteiger partial charge in [-0.3, -0.25) is 9.78 Å². The van der Waals surface area contributed by atoms with E-state index in [9.17, 15) is 22.4 Å². The molecule has 1 aromatic heterocycles. The second-order valence-electron chi connectivity index (χ2n) is 4.21. The maximum atomic E-state index is 13.5. The van der Waals surface area contributed by atoms with Gasteiger partial charge in [-0.15, -0.1) is 0 Å². The smallest absolute Gasteiger partial charge is 0.383 e. The third-order valence-corrected chi connectivity index (χ3v) is 2.55. The Morgan fingerprint density at radius 1 is 1.50 bits per heavy atom. The summed E-state index contributed by atoms with van der Waals surface area (Å²) in [7, 11) is 1.31. The van der Waals surface area contributed by atoms with Crippen LogP contribution < -0.4 is 0 Å². The quantitative estimate of drug-likeness (QED) is 0.782. The van der Waals surface area contributed by atoms with Gasteiger partial charge < -0.3 is 9.64 Å². The molecular formula is C12H14F4N2O2. The van der Waals surface area contributed by atoms with Crippen molar-refractivity contribution in [3.63, 3.8) is 0 Å². The molecule has 20 heavy (non-hydrogen) atoms. The van der Waals surface area contributed by atoms with Crippen LogP contribution in [0.2, 0.25) is 0 Å². The first-order valence-corrected chi connectivity index (χ1v) is 5.72. The van der Waals surface area contributed by atoms with Gasteiger partial charge in [0.25, 0.3) is 5.91 Å².